The van der Waals surface area contributed by atoms with Gasteiger partial charge in [0.25, 0.3) is 0 Å². The monoisotopic (exact) mass is 293 g/mol. The first-order valence-corrected chi connectivity index (χ1v) is 8.34. The van der Waals surface area contributed by atoms with Crippen molar-refractivity contribution in [2.24, 2.45) is 0 Å². The number of thiophene rings is 1. The van der Waals surface area contributed by atoms with E-state index >= 15 is 0 Å². The number of nitrogens with zero attached hydrogens (tertiary/aromatic N) is 3. The second-order valence-electron chi connectivity index (χ2n) is 4.45. The maximum absolute atomic E-state index is 12.3. The number of Topliss-reactive ketones (excluding diaryl/α,β-unsaturated/α-hetero) is 1. The summed E-state index contributed by atoms with van der Waals surface area (Å²) in [5.41, 5.74) is 1.35. The molecular formula is C13H15N3OS2. The number of aryl methyl sites for hydroxylation is 2. The molecule has 0 bridgehead atoms. The van der Waals surface area contributed by atoms with Crippen molar-refractivity contribution >= 4 is 28.9 Å². The van der Waals surface area contributed by atoms with Crippen LogP contribution >= 0.6 is 23.1 Å². The highest BCUT2D eigenvalue weighted by Gasteiger charge is 2.19. The predicted octanol–water partition coefficient (Wildman–Crippen LogP) is 2.57. The zero-order valence-electron chi connectivity index (χ0n) is 10.8. The lowest BCUT2D eigenvalue weighted by Gasteiger charge is -2.08. The maximum Gasteiger partial charge on any atom is 0.180 e. The summed E-state index contributed by atoms with van der Waals surface area (Å²) < 4.78 is 1.78. The Labute approximate surface area is 120 Å². The van der Waals surface area contributed by atoms with E-state index in [4.69, 9.17) is 0 Å². The van der Waals surface area contributed by atoms with Crippen LogP contribution in [0.3, 0.4) is 0 Å². The van der Waals surface area contributed by atoms with Crippen molar-refractivity contribution in [3.8, 4) is 0 Å². The van der Waals surface area contributed by atoms with Gasteiger partial charge in [0.05, 0.1) is 11.3 Å². The number of carbonyl (C=O) groups excluding carboxylic acids is 1. The Morgan fingerprint density at radius 2 is 2.42 bits per heavy atom. The Hall–Kier alpha value is -1.14. The van der Waals surface area contributed by atoms with Gasteiger partial charge in [0.15, 0.2) is 5.78 Å². The van der Waals surface area contributed by atoms with Gasteiger partial charge in [-0.3, -0.25) is 4.79 Å². The topological polar surface area (TPSA) is 47.8 Å². The molecule has 19 heavy (non-hydrogen) atoms. The van der Waals surface area contributed by atoms with Crippen LogP contribution in [-0.4, -0.2) is 26.3 Å². The summed E-state index contributed by atoms with van der Waals surface area (Å²) in [4.78, 5) is 18.7. The average Bonchev–Trinajstić information content (AvgIpc) is 3.03. The molecule has 6 heteroatoms. The van der Waals surface area contributed by atoms with Crippen molar-refractivity contribution in [2.45, 2.75) is 32.1 Å². The molecule has 0 spiro atoms. The zero-order valence-corrected chi connectivity index (χ0v) is 12.4. The van der Waals surface area contributed by atoms with Crippen LogP contribution in [0.25, 0.3) is 0 Å². The van der Waals surface area contributed by atoms with Gasteiger partial charge in [0.1, 0.15) is 12.2 Å². The largest absolute Gasteiger partial charge is 0.293 e. The van der Waals surface area contributed by atoms with Crippen molar-refractivity contribution in [3.63, 3.8) is 0 Å². The fourth-order valence-corrected chi connectivity index (χ4v) is 4.51. The maximum atomic E-state index is 12.3. The minimum absolute atomic E-state index is 0.159. The molecular weight excluding hydrogens is 278 g/mol. The van der Waals surface area contributed by atoms with E-state index in [-0.39, 0.29) is 5.78 Å². The minimum atomic E-state index is 0.159. The first-order valence-electron chi connectivity index (χ1n) is 6.37. The molecule has 0 unspecified atom stereocenters. The summed E-state index contributed by atoms with van der Waals surface area (Å²) in [7, 11) is 0. The van der Waals surface area contributed by atoms with Gasteiger partial charge >= 0.3 is 0 Å². The van der Waals surface area contributed by atoms with Gasteiger partial charge in [0, 0.05) is 17.2 Å². The van der Waals surface area contributed by atoms with Gasteiger partial charge in [-0.2, -0.15) is 16.9 Å². The standard InChI is InChI=1S/C13H15N3OS2/c1-2-16-13(14-8-15-16)6-10(17)12-5-9-7-18-4-3-11(9)19-12/h5,8H,2-4,6-7H2,1H3. The van der Waals surface area contributed by atoms with Crippen molar-refractivity contribution in [2.75, 3.05) is 5.75 Å². The van der Waals surface area contributed by atoms with E-state index in [9.17, 15) is 4.79 Å². The molecule has 0 fully saturated rings. The summed E-state index contributed by atoms with van der Waals surface area (Å²) >= 11 is 3.60. The van der Waals surface area contributed by atoms with Crippen molar-refractivity contribution in [1.82, 2.24) is 14.8 Å². The molecule has 3 rings (SSSR count). The predicted molar refractivity (Wildman–Crippen MR) is 77.9 cm³/mol. The third kappa shape index (κ3) is 2.60. The molecule has 0 radical (unpaired) electrons. The van der Waals surface area contributed by atoms with Crippen LogP contribution in [0.4, 0.5) is 0 Å². The molecule has 4 nitrogen and oxygen atoms in total. The van der Waals surface area contributed by atoms with Crippen LogP contribution in [0, 0.1) is 0 Å². The summed E-state index contributed by atoms with van der Waals surface area (Å²) in [6.45, 7) is 2.75. The van der Waals surface area contributed by atoms with E-state index in [0.717, 1.165) is 29.4 Å². The van der Waals surface area contributed by atoms with Crippen LogP contribution in [-0.2, 0) is 25.1 Å². The van der Waals surface area contributed by atoms with E-state index in [1.165, 1.54) is 22.5 Å². The quantitative estimate of drug-likeness (QED) is 0.813. The number of rotatable bonds is 4. The Bertz CT molecular complexity index is 579. The van der Waals surface area contributed by atoms with Crippen LogP contribution in [0.5, 0.6) is 0 Å². The SMILES string of the molecule is CCn1ncnc1CC(=O)c1cc2c(s1)CCSC2. The van der Waals surface area contributed by atoms with Crippen LogP contribution in [0.2, 0.25) is 0 Å². The first-order chi connectivity index (χ1) is 9.28. The second kappa shape index (κ2) is 5.46. The summed E-state index contributed by atoms with van der Waals surface area (Å²) in [6, 6.07) is 2.07. The second-order valence-corrected chi connectivity index (χ2v) is 6.70. The molecule has 0 saturated heterocycles. The van der Waals surface area contributed by atoms with Crippen LogP contribution in [0.15, 0.2) is 12.4 Å². The molecule has 2 aromatic rings. The van der Waals surface area contributed by atoms with Gasteiger partial charge in [-0.25, -0.2) is 9.67 Å². The van der Waals surface area contributed by atoms with Gasteiger partial charge in [-0.05, 0) is 30.7 Å². The molecule has 0 aliphatic carbocycles. The Morgan fingerprint density at radius 1 is 1.53 bits per heavy atom. The van der Waals surface area contributed by atoms with Crippen molar-refractivity contribution < 1.29 is 4.79 Å². The highest BCUT2D eigenvalue weighted by Crippen LogP contribution is 2.32. The summed E-state index contributed by atoms with van der Waals surface area (Å²) in [5, 5.41) is 4.10. The lowest BCUT2D eigenvalue weighted by molar-refractivity contribution is 0.0993. The van der Waals surface area contributed by atoms with Crippen molar-refractivity contribution in [3.05, 3.63) is 33.5 Å². The third-order valence-electron chi connectivity index (χ3n) is 3.22. The number of hydrogen-bond donors (Lipinski definition) is 0. The molecule has 3 heterocycles. The fourth-order valence-electron chi connectivity index (χ4n) is 2.20. The average molecular weight is 293 g/mol. The molecule has 0 aromatic carbocycles. The van der Waals surface area contributed by atoms with Gasteiger partial charge in [-0.1, -0.05) is 0 Å². The first kappa shape index (κ1) is 12.9. The fraction of sp³-hybridized carbons (Fsp3) is 0.462. The molecule has 0 atom stereocenters. The van der Waals surface area contributed by atoms with E-state index < -0.39 is 0 Å². The zero-order chi connectivity index (χ0) is 13.2. The highest BCUT2D eigenvalue weighted by atomic mass is 32.2. The third-order valence-corrected chi connectivity index (χ3v) is 5.50. The highest BCUT2D eigenvalue weighted by molar-refractivity contribution is 7.98. The lowest BCUT2D eigenvalue weighted by Crippen LogP contribution is -2.09. The number of thioether (sulfide) groups is 1. The van der Waals surface area contributed by atoms with Crippen molar-refractivity contribution in [1.29, 1.82) is 0 Å². The molecule has 100 valence electrons. The molecule has 0 saturated carbocycles. The van der Waals surface area contributed by atoms with E-state index in [0.29, 0.717) is 6.42 Å². The van der Waals surface area contributed by atoms with Crippen LogP contribution < -0.4 is 0 Å². The normalized spacial score (nSPS) is 14.4. The van der Waals surface area contributed by atoms with E-state index in [1.54, 1.807) is 16.0 Å². The number of ketones is 1. The van der Waals surface area contributed by atoms with Gasteiger partial charge in [0.2, 0.25) is 0 Å². The minimum Gasteiger partial charge on any atom is -0.293 e. The van der Waals surface area contributed by atoms with Gasteiger partial charge in [-0.15, -0.1) is 11.3 Å². The number of carbonyl (C=O) groups is 1. The summed E-state index contributed by atoms with van der Waals surface area (Å²) in [5.74, 6) is 3.13. The number of hydrogen-bond acceptors (Lipinski definition) is 5. The molecule has 1 aliphatic heterocycles. The summed E-state index contributed by atoms with van der Waals surface area (Å²) in [6.07, 6.45) is 2.96. The van der Waals surface area contributed by atoms with Crippen LogP contribution in [0.1, 0.15) is 32.9 Å². The molecule has 1 aliphatic rings. The lowest BCUT2D eigenvalue weighted by atomic mass is 10.2. The Morgan fingerprint density at radius 3 is 3.21 bits per heavy atom. The van der Waals surface area contributed by atoms with E-state index in [2.05, 4.69) is 16.1 Å². The van der Waals surface area contributed by atoms with E-state index in [1.807, 2.05) is 18.7 Å². The Kier molecular flexibility index (Phi) is 3.70. The van der Waals surface area contributed by atoms with Gasteiger partial charge < -0.3 is 0 Å². The molecule has 0 N–H and O–H groups in total. The molecule has 2 aromatic heterocycles. The Balaban J connectivity index is 1.79. The molecule has 0 amide bonds. The number of aromatic nitrogens is 3. The smallest absolute Gasteiger partial charge is 0.180 e. The number of fused-ring (bicyclic) bond motifs is 1.